The van der Waals surface area contributed by atoms with E-state index in [0.29, 0.717) is 11.1 Å². The third-order valence-corrected chi connectivity index (χ3v) is 3.08. The molecule has 0 heterocycles. The van der Waals surface area contributed by atoms with E-state index in [1.807, 2.05) is 6.92 Å². The van der Waals surface area contributed by atoms with E-state index in [1.165, 1.54) is 13.2 Å². The van der Waals surface area contributed by atoms with Crippen LogP contribution in [0.2, 0.25) is 0 Å². The van der Waals surface area contributed by atoms with Gasteiger partial charge >= 0.3 is 5.97 Å². The number of rotatable bonds is 4. The van der Waals surface area contributed by atoms with Crippen molar-refractivity contribution in [3.8, 4) is 0 Å². The Morgan fingerprint density at radius 3 is 2.65 bits per heavy atom. The van der Waals surface area contributed by atoms with Gasteiger partial charge in [0.1, 0.15) is 5.82 Å². The Morgan fingerprint density at radius 1 is 1.53 bits per heavy atom. The first-order valence-electron chi connectivity index (χ1n) is 5.46. The molecule has 0 aromatic heterocycles. The molecule has 1 aromatic carbocycles. The molecule has 0 aliphatic rings. The monoisotopic (exact) mass is 239 g/mol. The maximum Gasteiger partial charge on any atom is 0.306 e. The largest absolute Gasteiger partial charge is 0.469 e. The molecule has 1 atom stereocenters. The van der Waals surface area contributed by atoms with Gasteiger partial charge in [0.05, 0.1) is 13.5 Å². The van der Waals surface area contributed by atoms with Crippen LogP contribution in [0.3, 0.4) is 0 Å². The Bertz CT molecular complexity index is 420. The van der Waals surface area contributed by atoms with Gasteiger partial charge in [-0.05, 0) is 24.1 Å². The Morgan fingerprint density at radius 2 is 2.18 bits per heavy atom. The third kappa shape index (κ3) is 3.03. The van der Waals surface area contributed by atoms with Gasteiger partial charge < -0.3 is 10.5 Å². The van der Waals surface area contributed by atoms with E-state index < -0.39 is 5.41 Å². The molecule has 0 bridgehead atoms. The van der Waals surface area contributed by atoms with Crippen molar-refractivity contribution in [3.05, 3.63) is 35.1 Å². The highest BCUT2D eigenvalue weighted by molar-refractivity contribution is 5.71. The van der Waals surface area contributed by atoms with E-state index in [1.54, 1.807) is 19.1 Å². The maximum absolute atomic E-state index is 13.5. The number of nitrogens with two attached hydrogens (primary N) is 1. The van der Waals surface area contributed by atoms with Crippen molar-refractivity contribution in [2.24, 2.45) is 5.73 Å². The minimum Gasteiger partial charge on any atom is -0.469 e. The molecule has 0 aliphatic carbocycles. The SMILES string of the molecule is COC(=O)CC(C)(CN)c1ccc(C)c(F)c1. The van der Waals surface area contributed by atoms with Crippen LogP contribution in [0.15, 0.2) is 18.2 Å². The molecule has 17 heavy (non-hydrogen) atoms. The summed E-state index contributed by atoms with van der Waals surface area (Å²) in [6.45, 7) is 3.78. The number of ether oxygens (including phenoxy) is 1. The number of carbonyl (C=O) groups excluding carboxylic acids is 1. The van der Waals surface area contributed by atoms with Gasteiger partial charge in [-0.15, -0.1) is 0 Å². The summed E-state index contributed by atoms with van der Waals surface area (Å²) in [4.78, 5) is 11.3. The summed E-state index contributed by atoms with van der Waals surface area (Å²) < 4.78 is 18.1. The number of hydrogen-bond acceptors (Lipinski definition) is 3. The Labute approximate surface area is 101 Å². The smallest absolute Gasteiger partial charge is 0.306 e. The van der Waals surface area contributed by atoms with E-state index in [-0.39, 0.29) is 24.8 Å². The van der Waals surface area contributed by atoms with Crippen molar-refractivity contribution in [1.82, 2.24) is 0 Å². The highest BCUT2D eigenvalue weighted by atomic mass is 19.1. The van der Waals surface area contributed by atoms with Crippen molar-refractivity contribution in [3.63, 3.8) is 0 Å². The Balaban J connectivity index is 3.07. The molecular formula is C13H18FNO2. The average Bonchev–Trinajstić information content (AvgIpc) is 2.32. The maximum atomic E-state index is 13.5. The normalized spacial score (nSPS) is 14.2. The summed E-state index contributed by atoms with van der Waals surface area (Å²) in [6.07, 6.45) is 0.141. The van der Waals surface area contributed by atoms with Crippen LogP contribution in [0, 0.1) is 12.7 Å². The minimum atomic E-state index is -0.596. The molecule has 0 aliphatic heterocycles. The van der Waals surface area contributed by atoms with E-state index in [2.05, 4.69) is 4.74 Å². The van der Waals surface area contributed by atoms with Crippen molar-refractivity contribution < 1.29 is 13.9 Å². The van der Waals surface area contributed by atoms with Crippen LogP contribution >= 0.6 is 0 Å². The molecule has 94 valence electrons. The van der Waals surface area contributed by atoms with Crippen LogP contribution in [0.5, 0.6) is 0 Å². The van der Waals surface area contributed by atoms with E-state index in [9.17, 15) is 9.18 Å². The molecule has 0 amide bonds. The second-order valence-corrected chi connectivity index (χ2v) is 4.48. The summed E-state index contributed by atoms with van der Waals surface area (Å²) in [5, 5.41) is 0. The molecule has 0 saturated carbocycles. The lowest BCUT2D eigenvalue weighted by Crippen LogP contribution is -2.34. The van der Waals surface area contributed by atoms with Gasteiger partial charge in [-0.25, -0.2) is 4.39 Å². The highest BCUT2D eigenvalue weighted by Gasteiger charge is 2.29. The fourth-order valence-electron chi connectivity index (χ4n) is 1.65. The van der Waals surface area contributed by atoms with Crippen molar-refractivity contribution >= 4 is 5.97 Å². The lowest BCUT2D eigenvalue weighted by Gasteiger charge is -2.27. The van der Waals surface area contributed by atoms with Gasteiger partial charge in [-0.3, -0.25) is 4.79 Å². The summed E-state index contributed by atoms with van der Waals surface area (Å²) in [5.74, 6) is -0.633. The quantitative estimate of drug-likeness (QED) is 0.817. The molecule has 1 aromatic rings. The number of halogens is 1. The fourth-order valence-corrected chi connectivity index (χ4v) is 1.65. The molecule has 0 spiro atoms. The second kappa shape index (κ2) is 5.27. The zero-order valence-corrected chi connectivity index (χ0v) is 10.4. The van der Waals surface area contributed by atoms with Crippen LogP contribution in [0.25, 0.3) is 0 Å². The predicted molar refractivity (Wildman–Crippen MR) is 64.2 cm³/mol. The van der Waals surface area contributed by atoms with Crippen LogP contribution < -0.4 is 5.73 Å². The van der Waals surface area contributed by atoms with Crippen molar-refractivity contribution in [2.45, 2.75) is 25.7 Å². The molecule has 2 N–H and O–H groups in total. The summed E-state index contributed by atoms with van der Waals surface area (Å²) in [6, 6.07) is 4.93. The van der Waals surface area contributed by atoms with Crippen LogP contribution in [-0.4, -0.2) is 19.6 Å². The first kappa shape index (κ1) is 13.6. The third-order valence-electron chi connectivity index (χ3n) is 3.08. The standard InChI is InChI=1S/C13H18FNO2/c1-9-4-5-10(6-11(9)14)13(2,8-15)7-12(16)17-3/h4-6H,7-8,15H2,1-3H3. The number of benzene rings is 1. The molecule has 0 saturated heterocycles. The first-order chi connectivity index (χ1) is 7.92. The molecule has 0 radical (unpaired) electrons. The van der Waals surface area contributed by atoms with Gasteiger partial charge in [0, 0.05) is 12.0 Å². The number of hydrogen-bond donors (Lipinski definition) is 1. The lowest BCUT2D eigenvalue weighted by molar-refractivity contribution is -0.141. The Hall–Kier alpha value is -1.42. The number of methoxy groups -OCH3 is 1. The average molecular weight is 239 g/mol. The zero-order chi connectivity index (χ0) is 13.1. The highest BCUT2D eigenvalue weighted by Crippen LogP contribution is 2.28. The Kier molecular flexibility index (Phi) is 4.23. The topological polar surface area (TPSA) is 52.3 Å². The molecule has 0 fully saturated rings. The van der Waals surface area contributed by atoms with Crippen molar-refractivity contribution in [1.29, 1.82) is 0 Å². The van der Waals surface area contributed by atoms with Crippen LogP contribution in [0.4, 0.5) is 4.39 Å². The van der Waals surface area contributed by atoms with Gasteiger partial charge in [-0.1, -0.05) is 19.1 Å². The number of aryl methyl sites for hydroxylation is 1. The van der Waals surface area contributed by atoms with E-state index >= 15 is 0 Å². The zero-order valence-electron chi connectivity index (χ0n) is 10.4. The van der Waals surface area contributed by atoms with E-state index in [0.717, 1.165) is 0 Å². The van der Waals surface area contributed by atoms with Gasteiger partial charge in [0.2, 0.25) is 0 Å². The number of esters is 1. The number of carbonyl (C=O) groups is 1. The summed E-state index contributed by atoms with van der Waals surface area (Å²) in [5.41, 5.74) is 6.40. The summed E-state index contributed by atoms with van der Waals surface area (Å²) >= 11 is 0. The van der Waals surface area contributed by atoms with E-state index in [4.69, 9.17) is 5.73 Å². The minimum absolute atomic E-state index is 0.141. The fraction of sp³-hybridized carbons (Fsp3) is 0.462. The van der Waals surface area contributed by atoms with Crippen molar-refractivity contribution in [2.75, 3.05) is 13.7 Å². The molecule has 4 heteroatoms. The van der Waals surface area contributed by atoms with Gasteiger partial charge in [0.25, 0.3) is 0 Å². The first-order valence-corrected chi connectivity index (χ1v) is 5.46. The second-order valence-electron chi connectivity index (χ2n) is 4.48. The lowest BCUT2D eigenvalue weighted by atomic mass is 9.79. The molecular weight excluding hydrogens is 221 g/mol. The molecule has 1 rings (SSSR count). The summed E-state index contributed by atoms with van der Waals surface area (Å²) in [7, 11) is 1.33. The van der Waals surface area contributed by atoms with Crippen LogP contribution in [0.1, 0.15) is 24.5 Å². The molecule has 3 nitrogen and oxygen atoms in total. The van der Waals surface area contributed by atoms with Gasteiger partial charge in [-0.2, -0.15) is 0 Å². The van der Waals surface area contributed by atoms with Crippen LogP contribution in [-0.2, 0) is 14.9 Å². The van der Waals surface area contributed by atoms with Gasteiger partial charge in [0.15, 0.2) is 0 Å². The predicted octanol–water partition coefficient (Wildman–Crippen LogP) is 1.91. The molecule has 1 unspecified atom stereocenters.